The number of likely N-dealkylation sites (tertiary alicyclic amines) is 1. The van der Waals surface area contributed by atoms with Crippen LogP contribution in [0.5, 0.6) is 0 Å². The van der Waals surface area contributed by atoms with Crippen LogP contribution in [0.25, 0.3) is 0 Å². The Morgan fingerprint density at radius 1 is 1.07 bits per heavy atom. The first-order chi connectivity index (χ1) is 14.0. The molecule has 2 aliphatic heterocycles. The normalized spacial score (nSPS) is 22.8. The molecule has 154 valence electrons. The standard InChI is InChI=1S/C20H24ClN5O3/c21-16-4-2-15(3-5-16)20(29)24-10-8-23(9-11-24)17-12-25(13-18(17)27)19(28)14-26-7-1-6-22-26/h1-7,17-18,27H,8-14H2. The van der Waals surface area contributed by atoms with Crippen LogP contribution in [0.15, 0.2) is 42.7 Å². The van der Waals surface area contributed by atoms with Crippen molar-refractivity contribution < 1.29 is 14.7 Å². The minimum Gasteiger partial charge on any atom is -0.390 e. The Morgan fingerprint density at radius 3 is 2.45 bits per heavy atom. The van der Waals surface area contributed by atoms with E-state index in [1.54, 1.807) is 52.3 Å². The number of hydrogen-bond acceptors (Lipinski definition) is 5. The third kappa shape index (κ3) is 4.44. The Hall–Kier alpha value is -2.42. The van der Waals surface area contributed by atoms with E-state index in [4.69, 9.17) is 11.6 Å². The van der Waals surface area contributed by atoms with Crippen molar-refractivity contribution >= 4 is 23.4 Å². The summed E-state index contributed by atoms with van der Waals surface area (Å²) >= 11 is 5.89. The third-order valence-corrected chi connectivity index (χ3v) is 5.88. The highest BCUT2D eigenvalue weighted by Crippen LogP contribution is 2.20. The second-order valence-corrected chi connectivity index (χ2v) is 7.91. The fourth-order valence-electron chi connectivity index (χ4n) is 4.00. The van der Waals surface area contributed by atoms with Crippen molar-refractivity contribution in [2.45, 2.75) is 18.7 Å². The molecule has 2 fully saturated rings. The van der Waals surface area contributed by atoms with Gasteiger partial charge in [0.25, 0.3) is 5.91 Å². The molecule has 8 nitrogen and oxygen atoms in total. The quantitative estimate of drug-likeness (QED) is 0.786. The lowest BCUT2D eigenvalue weighted by atomic mass is 10.1. The van der Waals surface area contributed by atoms with E-state index in [1.165, 1.54) is 0 Å². The van der Waals surface area contributed by atoms with Gasteiger partial charge in [0.05, 0.1) is 12.1 Å². The number of benzene rings is 1. The van der Waals surface area contributed by atoms with Gasteiger partial charge in [-0.05, 0) is 30.3 Å². The maximum Gasteiger partial charge on any atom is 0.253 e. The Morgan fingerprint density at radius 2 is 1.79 bits per heavy atom. The van der Waals surface area contributed by atoms with Crippen LogP contribution >= 0.6 is 11.6 Å². The molecule has 29 heavy (non-hydrogen) atoms. The zero-order valence-corrected chi connectivity index (χ0v) is 16.8. The molecule has 4 rings (SSSR count). The summed E-state index contributed by atoms with van der Waals surface area (Å²) in [6, 6.07) is 8.58. The molecular weight excluding hydrogens is 394 g/mol. The van der Waals surface area contributed by atoms with Crippen LogP contribution in [0, 0.1) is 0 Å². The summed E-state index contributed by atoms with van der Waals surface area (Å²) in [4.78, 5) is 30.8. The van der Waals surface area contributed by atoms with E-state index >= 15 is 0 Å². The van der Waals surface area contributed by atoms with E-state index in [1.807, 2.05) is 4.90 Å². The van der Waals surface area contributed by atoms with Gasteiger partial charge >= 0.3 is 0 Å². The molecule has 1 aromatic carbocycles. The molecule has 2 amide bonds. The molecule has 2 saturated heterocycles. The molecular formula is C20H24ClN5O3. The number of aliphatic hydroxyl groups is 1. The highest BCUT2D eigenvalue weighted by Gasteiger charge is 2.39. The number of piperazine rings is 1. The van der Waals surface area contributed by atoms with E-state index in [2.05, 4.69) is 10.00 Å². The van der Waals surface area contributed by atoms with Crippen molar-refractivity contribution in [1.29, 1.82) is 0 Å². The summed E-state index contributed by atoms with van der Waals surface area (Å²) < 4.78 is 1.59. The molecule has 2 aromatic rings. The number of β-amino-alcohol motifs (C(OH)–C–C–N with tert-alkyl or cyclic N) is 1. The lowest BCUT2D eigenvalue weighted by Gasteiger charge is -2.38. The summed E-state index contributed by atoms with van der Waals surface area (Å²) in [5.74, 6) is -0.0592. The molecule has 1 aromatic heterocycles. The first-order valence-corrected chi connectivity index (χ1v) is 10.1. The average Bonchev–Trinajstić information content (AvgIpc) is 3.38. The molecule has 0 radical (unpaired) electrons. The van der Waals surface area contributed by atoms with Crippen LogP contribution < -0.4 is 0 Å². The molecule has 0 aliphatic carbocycles. The van der Waals surface area contributed by atoms with E-state index in [9.17, 15) is 14.7 Å². The predicted octanol–water partition coefficient (Wildman–Crippen LogP) is 0.566. The Kier molecular flexibility index (Phi) is 5.84. The number of hydrogen-bond donors (Lipinski definition) is 1. The Labute approximate surface area is 174 Å². The average molecular weight is 418 g/mol. The minimum atomic E-state index is -0.588. The fraction of sp³-hybridized carbons (Fsp3) is 0.450. The van der Waals surface area contributed by atoms with Gasteiger partial charge in [-0.3, -0.25) is 19.2 Å². The summed E-state index contributed by atoms with van der Waals surface area (Å²) in [6.45, 7) is 3.51. The maximum atomic E-state index is 12.6. The first-order valence-electron chi connectivity index (χ1n) is 9.73. The largest absolute Gasteiger partial charge is 0.390 e. The highest BCUT2D eigenvalue weighted by molar-refractivity contribution is 6.30. The second kappa shape index (κ2) is 8.52. The lowest BCUT2D eigenvalue weighted by molar-refractivity contribution is -0.131. The molecule has 0 bridgehead atoms. The smallest absolute Gasteiger partial charge is 0.253 e. The first kappa shape index (κ1) is 19.9. The summed E-state index contributed by atoms with van der Waals surface area (Å²) in [7, 11) is 0. The topological polar surface area (TPSA) is 81.9 Å². The van der Waals surface area contributed by atoms with Gasteiger partial charge in [-0.25, -0.2) is 0 Å². The van der Waals surface area contributed by atoms with Gasteiger partial charge in [-0.2, -0.15) is 5.10 Å². The van der Waals surface area contributed by atoms with Crippen LogP contribution in [0.4, 0.5) is 0 Å². The maximum absolute atomic E-state index is 12.6. The predicted molar refractivity (Wildman–Crippen MR) is 108 cm³/mol. The van der Waals surface area contributed by atoms with Crippen LogP contribution in [-0.2, 0) is 11.3 Å². The van der Waals surface area contributed by atoms with Crippen LogP contribution in [0.2, 0.25) is 5.02 Å². The van der Waals surface area contributed by atoms with E-state index in [0.29, 0.717) is 49.9 Å². The zero-order valence-electron chi connectivity index (χ0n) is 16.0. The number of carbonyl (C=O) groups excluding carboxylic acids is 2. The van der Waals surface area contributed by atoms with Crippen LogP contribution in [0.1, 0.15) is 10.4 Å². The van der Waals surface area contributed by atoms with Gasteiger partial charge in [-0.15, -0.1) is 0 Å². The molecule has 0 saturated carbocycles. The summed E-state index contributed by atoms with van der Waals surface area (Å²) in [5.41, 5.74) is 0.624. The van der Waals surface area contributed by atoms with Crippen LogP contribution in [0.3, 0.4) is 0 Å². The van der Waals surface area contributed by atoms with Gasteiger partial charge in [0.2, 0.25) is 5.91 Å². The second-order valence-electron chi connectivity index (χ2n) is 7.47. The number of aromatic nitrogens is 2. The number of rotatable bonds is 4. The SMILES string of the molecule is O=C(Cn1cccn1)N1CC(O)C(N2CCN(C(=O)c3ccc(Cl)cc3)CC2)C1. The fourth-order valence-corrected chi connectivity index (χ4v) is 4.12. The monoisotopic (exact) mass is 417 g/mol. The number of nitrogens with zero attached hydrogens (tertiary/aromatic N) is 5. The number of aliphatic hydroxyl groups excluding tert-OH is 1. The molecule has 2 aliphatic rings. The van der Waals surface area contributed by atoms with Gasteiger partial charge in [0, 0.05) is 62.2 Å². The number of halogens is 1. The lowest BCUT2D eigenvalue weighted by Crippen LogP contribution is -2.55. The molecule has 9 heteroatoms. The van der Waals surface area contributed by atoms with Gasteiger partial charge in [-0.1, -0.05) is 11.6 Å². The van der Waals surface area contributed by atoms with E-state index < -0.39 is 6.10 Å². The molecule has 0 spiro atoms. The van der Waals surface area contributed by atoms with E-state index in [-0.39, 0.29) is 24.4 Å². The van der Waals surface area contributed by atoms with Crippen molar-refractivity contribution in [2.75, 3.05) is 39.3 Å². The third-order valence-electron chi connectivity index (χ3n) is 5.63. The summed E-state index contributed by atoms with van der Waals surface area (Å²) in [5, 5.41) is 15.2. The van der Waals surface area contributed by atoms with Gasteiger partial charge < -0.3 is 14.9 Å². The summed E-state index contributed by atoms with van der Waals surface area (Å²) in [6.07, 6.45) is 2.80. The van der Waals surface area contributed by atoms with E-state index in [0.717, 1.165) is 0 Å². The van der Waals surface area contributed by atoms with Crippen molar-refractivity contribution in [1.82, 2.24) is 24.5 Å². The molecule has 2 unspecified atom stereocenters. The van der Waals surface area contributed by atoms with Crippen molar-refractivity contribution in [3.8, 4) is 0 Å². The van der Waals surface area contributed by atoms with Crippen molar-refractivity contribution in [3.05, 3.63) is 53.3 Å². The Bertz CT molecular complexity index is 850. The van der Waals surface area contributed by atoms with Crippen LogP contribution in [-0.4, -0.2) is 92.8 Å². The minimum absolute atomic E-state index is 0.00989. The highest BCUT2D eigenvalue weighted by atomic mass is 35.5. The van der Waals surface area contributed by atoms with Crippen molar-refractivity contribution in [2.24, 2.45) is 0 Å². The Balaban J connectivity index is 1.30. The van der Waals surface area contributed by atoms with Crippen molar-refractivity contribution in [3.63, 3.8) is 0 Å². The molecule has 1 N–H and O–H groups in total. The van der Waals surface area contributed by atoms with Gasteiger partial charge in [0.15, 0.2) is 0 Å². The number of carbonyl (C=O) groups is 2. The molecule has 2 atom stereocenters. The number of amides is 2. The zero-order chi connectivity index (χ0) is 20.4. The molecule has 3 heterocycles. The van der Waals surface area contributed by atoms with Gasteiger partial charge in [0.1, 0.15) is 6.54 Å².